The summed E-state index contributed by atoms with van der Waals surface area (Å²) in [6.45, 7) is 3.75. The second-order valence-corrected chi connectivity index (χ2v) is 5.76. The average Bonchev–Trinajstić information content (AvgIpc) is 2.53. The predicted octanol–water partition coefficient (Wildman–Crippen LogP) is 2.99. The number of nitriles is 1. The molecule has 22 heavy (non-hydrogen) atoms. The van der Waals surface area contributed by atoms with Gasteiger partial charge in [0.25, 0.3) is 0 Å². The third-order valence-corrected chi connectivity index (χ3v) is 4.05. The van der Waals surface area contributed by atoms with Gasteiger partial charge in [-0.15, -0.1) is 0 Å². The monoisotopic (exact) mass is 304 g/mol. The van der Waals surface area contributed by atoms with Crippen molar-refractivity contribution in [3.8, 4) is 11.8 Å². The van der Waals surface area contributed by atoms with Crippen LogP contribution in [0.2, 0.25) is 0 Å². The summed E-state index contributed by atoms with van der Waals surface area (Å²) in [6, 6.07) is 8.16. The fourth-order valence-corrected chi connectivity index (χ4v) is 2.54. The lowest BCUT2D eigenvalue weighted by Crippen LogP contribution is -2.41. The highest BCUT2D eigenvalue weighted by atomic mass is 19.1. The van der Waals surface area contributed by atoms with Crippen molar-refractivity contribution in [2.24, 2.45) is 11.8 Å². The zero-order valence-corrected chi connectivity index (χ0v) is 12.8. The Balaban J connectivity index is 1.83. The van der Waals surface area contributed by atoms with Crippen LogP contribution in [0.3, 0.4) is 0 Å². The van der Waals surface area contributed by atoms with Gasteiger partial charge in [0.2, 0.25) is 5.91 Å². The molecule has 4 nitrogen and oxygen atoms in total. The summed E-state index contributed by atoms with van der Waals surface area (Å²) in [5.41, 5.74) is 0. The van der Waals surface area contributed by atoms with Crippen molar-refractivity contribution >= 4 is 5.91 Å². The quantitative estimate of drug-likeness (QED) is 0.840. The first-order valence-electron chi connectivity index (χ1n) is 7.67. The molecule has 0 spiro atoms. The second-order valence-electron chi connectivity index (χ2n) is 5.76. The Kier molecular flexibility index (Phi) is 5.76. The van der Waals surface area contributed by atoms with E-state index in [9.17, 15) is 14.4 Å². The topological polar surface area (TPSA) is 53.3 Å². The van der Waals surface area contributed by atoms with Crippen LogP contribution in [0.25, 0.3) is 0 Å². The van der Waals surface area contributed by atoms with Crippen molar-refractivity contribution in [2.75, 3.05) is 19.7 Å². The number of hydrogen-bond donors (Lipinski definition) is 0. The molecule has 0 saturated carbocycles. The van der Waals surface area contributed by atoms with Gasteiger partial charge in [-0.3, -0.25) is 4.79 Å². The molecule has 1 saturated heterocycles. The van der Waals surface area contributed by atoms with Crippen molar-refractivity contribution in [1.82, 2.24) is 4.90 Å². The molecule has 1 aromatic carbocycles. The largest absolute Gasteiger partial charge is 0.490 e. The Morgan fingerprint density at radius 3 is 2.77 bits per heavy atom. The highest BCUT2D eigenvalue weighted by Gasteiger charge is 2.27. The molecule has 1 aliphatic heterocycles. The van der Waals surface area contributed by atoms with E-state index >= 15 is 0 Å². The number of nitrogens with zero attached hydrogens (tertiary/aromatic N) is 2. The smallest absolute Gasteiger partial charge is 0.240 e. The second kappa shape index (κ2) is 7.79. The summed E-state index contributed by atoms with van der Waals surface area (Å²) < 4.78 is 18.7. The molecule has 0 aromatic heterocycles. The predicted molar refractivity (Wildman–Crippen MR) is 80.6 cm³/mol. The Hall–Kier alpha value is -2.09. The van der Waals surface area contributed by atoms with Crippen molar-refractivity contribution in [3.63, 3.8) is 0 Å². The maximum atomic E-state index is 13.4. The van der Waals surface area contributed by atoms with Crippen molar-refractivity contribution in [1.29, 1.82) is 5.26 Å². The number of likely N-dealkylation sites (tertiary alicyclic amines) is 1. The summed E-state index contributed by atoms with van der Waals surface area (Å²) in [4.78, 5) is 14.1. The van der Waals surface area contributed by atoms with E-state index in [1.165, 1.54) is 12.1 Å². The highest BCUT2D eigenvalue weighted by molar-refractivity contribution is 5.81. The van der Waals surface area contributed by atoms with E-state index in [4.69, 9.17) is 4.74 Å². The molecule has 1 unspecified atom stereocenters. The first kappa shape index (κ1) is 16.3. The van der Waals surface area contributed by atoms with Crippen LogP contribution in [0.1, 0.15) is 26.2 Å². The average molecular weight is 304 g/mol. The van der Waals surface area contributed by atoms with Crippen molar-refractivity contribution < 1.29 is 13.9 Å². The van der Waals surface area contributed by atoms with E-state index in [-0.39, 0.29) is 24.7 Å². The maximum absolute atomic E-state index is 13.4. The number of rotatable bonds is 5. The van der Waals surface area contributed by atoms with E-state index in [1.54, 1.807) is 17.0 Å². The van der Waals surface area contributed by atoms with E-state index in [1.807, 2.05) is 6.07 Å². The Morgan fingerprint density at radius 2 is 2.14 bits per heavy atom. The molecule has 0 aliphatic carbocycles. The number of carbonyl (C=O) groups is 1. The molecule has 1 aromatic rings. The Labute approximate surface area is 130 Å². The van der Waals surface area contributed by atoms with E-state index < -0.39 is 11.7 Å². The number of amides is 1. The van der Waals surface area contributed by atoms with Crippen LogP contribution in [-0.2, 0) is 4.79 Å². The minimum absolute atomic E-state index is 0.133. The van der Waals surface area contributed by atoms with Gasteiger partial charge in [-0.1, -0.05) is 19.1 Å². The molecule has 0 radical (unpaired) electrons. The van der Waals surface area contributed by atoms with Crippen LogP contribution in [0.15, 0.2) is 24.3 Å². The number of piperidine rings is 1. The maximum Gasteiger partial charge on any atom is 0.240 e. The van der Waals surface area contributed by atoms with Gasteiger partial charge < -0.3 is 9.64 Å². The number of hydrogen-bond acceptors (Lipinski definition) is 3. The number of halogens is 1. The molecular formula is C17H21FN2O2. The number of para-hydroxylation sites is 1. The summed E-state index contributed by atoms with van der Waals surface area (Å²) in [7, 11) is 0. The minimum Gasteiger partial charge on any atom is -0.490 e. The van der Waals surface area contributed by atoms with Gasteiger partial charge in [0.15, 0.2) is 11.6 Å². The first-order chi connectivity index (χ1) is 10.6. The van der Waals surface area contributed by atoms with Crippen molar-refractivity contribution in [3.05, 3.63) is 30.1 Å². The van der Waals surface area contributed by atoms with Crippen molar-refractivity contribution in [2.45, 2.75) is 26.2 Å². The lowest BCUT2D eigenvalue weighted by molar-refractivity contribution is -0.135. The Bertz CT molecular complexity index is 548. The normalized spacial score (nSPS) is 16.9. The van der Waals surface area contributed by atoms with Gasteiger partial charge in [0, 0.05) is 19.5 Å². The van der Waals surface area contributed by atoms with Crippen LogP contribution in [0.4, 0.5) is 4.39 Å². The molecule has 0 N–H and O–H groups in total. The zero-order valence-electron chi connectivity index (χ0n) is 12.8. The fraction of sp³-hybridized carbons (Fsp3) is 0.529. The fourth-order valence-electron chi connectivity index (χ4n) is 2.54. The van der Waals surface area contributed by atoms with Gasteiger partial charge in [-0.2, -0.15) is 5.26 Å². The van der Waals surface area contributed by atoms with Crippen LogP contribution in [-0.4, -0.2) is 30.5 Å². The molecule has 118 valence electrons. The van der Waals surface area contributed by atoms with Gasteiger partial charge in [-0.25, -0.2) is 4.39 Å². The van der Waals surface area contributed by atoms with E-state index in [2.05, 4.69) is 6.92 Å². The summed E-state index contributed by atoms with van der Waals surface area (Å²) in [5.74, 6) is -0.508. The minimum atomic E-state index is -0.722. The summed E-state index contributed by atoms with van der Waals surface area (Å²) in [5, 5.41) is 9.20. The zero-order chi connectivity index (χ0) is 15.9. The third-order valence-electron chi connectivity index (χ3n) is 4.05. The molecule has 0 bridgehead atoms. The molecule has 1 aliphatic rings. The third kappa shape index (κ3) is 4.20. The lowest BCUT2D eigenvalue weighted by Gasteiger charge is -2.31. The number of carbonyl (C=O) groups excluding carboxylic acids is 1. The molecule has 1 heterocycles. The highest BCUT2D eigenvalue weighted by Crippen LogP contribution is 2.20. The summed E-state index contributed by atoms with van der Waals surface area (Å²) in [6.07, 6.45) is 2.24. The van der Waals surface area contributed by atoms with Gasteiger partial charge in [0.05, 0.1) is 12.7 Å². The number of ether oxygens (including phenoxy) is 1. The summed E-state index contributed by atoms with van der Waals surface area (Å²) >= 11 is 0. The van der Waals surface area contributed by atoms with Gasteiger partial charge in [-0.05, 0) is 30.9 Å². The number of benzene rings is 1. The van der Waals surface area contributed by atoms with Crippen LogP contribution in [0.5, 0.6) is 5.75 Å². The van der Waals surface area contributed by atoms with E-state index in [0.29, 0.717) is 19.0 Å². The van der Waals surface area contributed by atoms with E-state index in [0.717, 1.165) is 12.8 Å². The van der Waals surface area contributed by atoms with Gasteiger partial charge >= 0.3 is 0 Å². The molecule has 2 rings (SSSR count). The lowest BCUT2D eigenvalue weighted by atomic mass is 9.97. The van der Waals surface area contributed by atoms with Gasteiger partial charge in [0.1, 0.15) is 5.92 Å². The molecule has 1 atom stereocenters. The Morgan fingerprint density at radius 1 is 1.45 bits per heavy atom. The van der Waals surface area contributed by atoms with Crippen LogP contribution >= 0.6 is 0 Å². The molecular weight excluding hydrogens is 283 g/mol. The molecule has 1 amide bonds. The van der Waals surface area contributed by atoms with Crippen LogP contribution in [0, 0.1) is 29.0 Å². The molecule has 1 fully saturated rings. The SMILES string of the molecule is CC1CCN(C(=O)C(C#N)CCOc2ccccc2F)CC1. The molecule has 5 heteroatoms. The standard InChI is InChI=1S/C17H21FN2O2/c1-13-6-9-20(10-7-13)17(21)14(12-19)8-11-22-16-5-3-2-4-15(16)18/h2-5,13-14H,6-11H2,1H3. The first-order valence-corrected chi connectivity index (χ1v) is 7.67. The van der Waals surface area contributed by atoms with Crippen LogP contribution < -0.4 is 4.74 Å².